The molecule has 1 amide bonds. The molecule has 2 aliphatic rings. The smallest absolute Gasteiger partial charge is 0.248 e. The highest BCUT2D eigenvalue weighted by Gasteiger charge is 2.36. The summed E-state index contributed by atoms with van der Waals surface area (Å²) in [5.41, 5.74) is 2.25. The van der Waals surface area contributed by atoms with Crippen molar-refractivity contribution in [2.75, 3.05) is 32.8 Å². The van der Waals surface area contributed by atoms with E-state index in [-0.39, 0.29) is 11.9 Å². The lowest BCUT2D eigenvalue weighted by molar-refractivity contribution is -0.136. The fraction of sp³-hybridized carbons (Fsp3) is 0.533. The first-order valence-corrected chi connectivity index (χ1v) is 7.09. The van der Waals surface area contributed by atoms with Crippen molar-refractivity contribution in [1.82, 2.24) is 9.80 Å². The van der Waals surface area contributed by atoms with E-state index >= 15 is 0 Å². The summed E-state index contributed by atoms with van der Waals surface area (Å²) in [5.74, 6) is -0.208. The molecule has 1 aliphatic heterocycles. The molecule has 1 saturated heterocycles. The van der Waals surface area contributed by atoms with E-state index in [1.54, 1.807) is 4.90 Å². The van der Waals surface area contributed by atoms with E-state index in [2.05, 4.69) is 11.0 Å². The normalized spacial score (nSPS) is 26.6. The highest BCUT2D eigenvalue weighted by atomic mass is 16.3. The minimum absolute atomic E-state index is 0.110. The molecule has 0 radical (unpaired) electrons. The quantitative estimate of drug-likeness (QED) is 0.784. The molecule has 5 nitrogen and oxygen atoms in total. The van der Waals surface area contributed by atoms with Crippen LogP contribution in [0.4, 0.5) is 0 Å². The van der Waals surface area contributed by atoms with Crippen LogP contribution in [0.5, 0.6) is 0 Å². The molecule has 2 N–H and O–H groups in total. The number of fused-ring (bicyclic) bond motifs is 1. The van der Waals surface area contributed by atoms with E-state index in [1.807, 2.05) is 18.2 Å². The molecule has 1 heterocycles. The van der Waals surface area contributed by atoms with Crippen LogP contribution in [0.25, 0.3) is 0 Å². The van der Waals surface area contributed by atoms with E-state index in [0.717, 1.165) is 25.1 Å². The van der Waals surface area contributed by atoms with Crippen LogP contribution in [0.3, 0.4) is 0 Å². The number of aliphatic hydroxyl groups is 2. The Labute approximate surface area is 118 Å². The van der Waals surface area contributed by atoms with Crippen molar-refractivity contribution in [2.24, 2.45) is 0 Å². The summed E-state index contributed by atoms with van der Waals surface area (Å²) >= 11 is 0. The first-order valence-electron chi connectivity index (χ1n) is 7.09. The zero-order chi connectivity index (χ0) is 14.1. The minimum Gasteiger partial charge on any atom is -0.387 e. The van der Waals surface area contributed by atoms with Crippen molar-refractivity contribution in [3.8, 4) is 0 Å². The van der Waals surface area contributed by atoms with Gasteiger partial charge in [0.1, 0.15) is 6.61 Å². The SMILES string of the molecule is O=C(CO)N1CCN(C2Cc3ccccc3C2O)CC1. The number of hydrogen-bond donors (Lipinski definition) is 2. The molecule has 1 aliphatic carbocycles. The van der Waals surface area contributed by atoms with E-state index in [9.17, 15) is 9.90 Å². The largest absolute Gasteiger partial charge is 0.387 e. The van der Waals surface area contributed by atoms with E-state index in [1.165, 1.54) is 5.56 Å². The maximum atomic E-state index is 11.4. The lowest BCUT2D eigenvalue weighted by Crippen LogP contribution is -2.53. The maximum absolute atomic E-state index is 11.4. The molecular formula is C15H20N2O3. The molecule has 0 saturated carbocycles. The molecule has 0 bridgehead atoms. The van der Waals surface area contributed by atoms with Gasteiger partial charge in [-0.25, -0.2) is 0 Å². The fourth-order valence-corrected chi connectivity index (χ4v) is 3.28. The molecular weight excluding hydrogens is 256 g/mol. The maximum Gasteiger partial charge on any atom is 0.248 e. The molecule has 2 atom stereocenters. The fourth-order valence-electron chi connectivity index (χ4n) is 3.28. The number of piperazine rings is 1. The third kappa shape index (κ3) is 2.32. The molecule has 20 heavy (non-hydrogen) atoms. The Morgan fingerprint density at radius 1 is 1.20 bits per heavy atom. The van der Waals surface area contributed by atoms with Crippen LogP contribution in [-0.4, -0.2) is 64.7 Å². The monoisotopic (exact) mass is 276 g/mol. The van der Waals surface area contributed by atoms with Crippen LogP contribution in [0, 0.1) is 0 Å². The predicted molar refractivity (Wildman–Crippen MR) is 74.1 cm³/mol. The summed E-state index contributed by atoms with van der Waals surface area (Å²) in [6.45, 7) is 2.33. The molecule has 1 aromatic rings. The van der Waals surface area contributed by atoms with Gasteiger partial charge >= 0.3 is 0 Å². The first-order chi connectivity index (χ1) is 9.70. The van der Waals surface area contributed by atoms with Crippen molar-refractivity contribution in [1.29, 1.82) is 0 Å². The van der Waals surface area contributed by atoms with Gasteiger partial charge < -0.3 is 15.1 Å². The molecule has 1 fully saturated rings. The van der Waals surface area contributed by atoms with E-state index < -0.39 is 12.7 Å². The van der Waals surface area contributed by atoms with Crippen molar-refractivity contribution >= 4 is 5.91 Å². The average Bonchev–Trinajstić information content (AvgIpc) is 2.84. The molecule has 5 heteroatoms. The summed E-state index contributed by atoms with van der Waals surface area (Å²) in [6.07, 6.45) is 0.428. The number of carbonyl (C=O) groups excluding carboxylic acids is 1. The van der Waals surface area contributed by atoms with Gasteiger partial charge in [-0.1, -0.05) is 24.3 Å². The van der Waals surface area contributed by atoms with Crippen LogP contribution in [-0.2, 0) is 11.2 Å². The van der Waals surface area contributed by atoms with Crippen LogP contribution in [0.2, 0.25) is 0 Å². The second kappa shape index (κ2) is 5.52. The summed E-state index contributed by atoms with van der Waals surface area (Å²) in [7, 11) is 0. The molecule has 0 aromatic heterocycles. The summed E-state index contributed by atoms with van der Waals surface area (Å²) in [4.78, 5) is 15.4. The number of hydrogen-bond acceptors (Lipinski definition) is 4. The second-order valence-corrected chi connectivity index (χ2v) is 5.49. The van der Waals surface area contributed by atoms with Crippen LogP contribution in [0.15, 0.2) is 24.3 Å². The molecule has 108 valence electrons. The predicted octanol–water partition coefficient (Wildman–Crippen LogP) is -0.219. The zero-order valence-corrected chi connectivity index (χ0v) is 11.4. The number of nitrogens with zero attached hydrogens (tertiary/aromatic N) is 2. The van der Waals surface area contributed by atoms with Gasteiger partial charge in [0, 0.05) is 32.2 Å². The Hall–Kier alpha value is -1.43. The lowest BCUT2D eigenvalue weighted by atomic mass is 10.1. The van der Waals surface area contributed by atoms with Gasteiger partial charge in [-0.2, -0.15) is 0 Å². The van der Waals surface area contributed by atoms with Gasteiger partial charge in [0.2, 0.25) is 5.91 Å². The Kier molecular flexibility index (Phi) is 3.74. The number of benzene rings is 1. The van der Waals surface area contributed by atoms with Gasteiger partial charge in [-0.3, -0.25) is 9.69 Å². The van der Waals surface area contributed by atoms with E-state index in [0.29, 0.717) is 13.1 Å². The number of rotatable bonds is 2. The van der Waals surface area contributed by atoms with Gasteiger partial charge in [0.25, 0.3) is 0 Å². The third-order valence-electron chi connectivity index (χ3n) is 4.44. The number of amides is 1. The second-order valence-electron chi connectivity index (χ2n) is 5.49. The molecule has 2 unspecified atom stereocenters. The molecule has 1 aromatic carbocycles. The Morgan fingerprint density at radius 2 is 1.90 bits per heavy atom. The summed E-state index contributed by atoms with van der Waals surface area (Å²) in [6, 6.07) is 8.14. The van der Waals surface area contributed by atoms with Crippen molar-refractivity contribution in [3.05, 3.63) is 35.4 Å². The standard InChI is InChI=1S/C15H20N2O3/c18-10-14(19)17-7-5-16(6-8-17)13-9-11-3-1-2-4-12(11)15(13)20/h1-4,13,15,18,20H,5-10H2. The molecule has 3 rings (SSSR count). The van der Waals surface area contributed by atoms with Crippen LogP contribution in [0.1, 0.15) is 17.2 Å². The van der Waals surface area contributed by atoms with Gasteiger partial charge in [-0.15, -0.1) is 0 Å². The lowest BCUT2D eigenvalue weighted by Gasteiger charge is -2.38. The average molecular weight is 276 g/mol. The van der Waals surface area contributed by atoms with Crippen molar-refractivity contribution in [3.63, 3.8) is 0 Å². The van der Waals surface area contributed by atoms with E-state index in [4.69, 9.17) is 5.11 Å². The number of carbonyl (C=O) groups is 1. The van der Waals surface area contributed by atoms with Gasteiger partial charge in [-0.05, 0) is 17.5 Å². The topological polar surface area (TPSA) is 64.0 Å². The molecule has 0 spiro atoms. The van der Waals surface area contributed by atoms with Gasteiger partial charge in [0.15, 0.2) is 0 Å². The summed E-state index contributed by atoms with van der Waals surface area (Å²) < 4.78 is 0. The highest BCUT2D eigenvalue weighted by molar-refractivity contribution is 5.77. The Balaban J connectivity index is 1.64. The van der Waals surface area contributed by atoms with Crippen molar-refractivity contribution in [2.45, 2.75) is 18.6 Å². The minimum atomic E-state index is -0.439. The third-order valence-corrected chi connectivity index (χ3v) is 4.44. The van der Waals surface area contributed by atoms with Crippen LogP contribution >= 0.6 is 0 Å². The highest BCUT2D eigenvalue weighted by Crippen LogP contribution is 2.34. The zero-order valence-electron chi connectivity index (χ0n) is 11.4. The Bertz CT molecular complexity index is 498. The van der Waals surface area contributed by atoms with Gasteiger partial charge in [0.05, 0.1) is 6.10 Å². The summed E-state index contributed by atoms with van der Waals surface area (Å²) in [5, 5.41) is 19.3. The number of aliphatic hydroxyl groups excluding tert-OH is 2. The van der Waals surface area contributed by atoms with Crippen molar-refractivity contribution < 1.29 is 15.0 Å². The first kappa shape index (κ1) is 13.5. The van der Waals surface area contributed by atoms with Crippen LogP contribution < -0.4 is 0 Å². The Morgan fingerprint density at radius 3 is 2.55 bits per heavy atom.